The zero-order chi connectivity index (χ0) is 16.2. The topological polar surface area (TPSA) is 65.1 Å². The van der Waals surface area contributed by atoms with Crippen molar-refractivity contribution in [3.8, 4) is 0 Å². The van der Waals surface area contributed by atoms with Crippen LogP contribution in [-0.4, -0.2) is 29.7 Å². The Morgan fingerprint density at radius 2 is 1.91 bits per heavy atom. The second-order valence-corrected chi connectivity index (χ2v) is 6.01. The molecule has 5 heteroatoms. The van der Waals surface area contributed by atoms with Crippen LogP contribution in [0.5, 0.6) is 0 Å². The van der Waals surface area contributed by atoms with Crippen LogP contribution in [0.1, 0.15) is 26.3 Å². The number of esters is 2. The largest absolute Gasteiger partial charge is 0.459 e. The number of ether oxygens (including phenoxy) is 3. The van der Waals surface area contributed by atoms with Gasteiger partial charge in [0.1, 0.15) is 18.3 Å². The Kier molecular flexibility index (Phi) is 4.98. The van der Waals surface area contributed by atoms with Gasteiger partial charge in [0.05, 0.1) is 0 Å². The monoisotopic (exact) mass is 304 g/mol. The number of hydrogen-bond donors (Lipinski definition) is 0. The lowest BCUT2D eigenvalue weighted by Crippen LogP contribution is -2.22. The molecular formula is C17H20O5. The smallest absolute Gasteiger partial charge is 0.338 e. The molecule has 0 spiro atoms. The molecule has 22 heavy (non-hydrogen) atoms. The SMILES string of the molecule is CC(C)(C)OC(=O)/C=C\[C@H]1O[C@@H]1C(=O)OCc1ccccc1. The standard InChI is InChI=1S/C17H20O5/c1-17(2,3)22-14(18)10-9-13-15(21-13)16(19)20-11-12-7-5-4-6-8-12/h4-10,13,15H,11H2,1-3H3/b10-9-/t13-,15+/m1/s1. The van der Waals surface area contributed by atoms with Gasteiger partial charge >= 0.3 is 11.9 Å². The second kappa shape index (κ2) is 6.75. The number of carbonyl (C=O) groups is 2. The molecule has 1 aliphatic heterocycles. The first-order valence-electron chi connectivity index (χ1n) is 7.12. The molecule has 1 aromatic rings. The second-order valence-electron chi connectivity index (χ2n) is 6.01. The van der Waals surface area contributed by atoms with Crippen molar-refractivity contribution in [1.29, 1.82) is 0 Å². The van der Waals surface area contributed by atoms with E-state index in [4.69, 9.17) is 14.2 Å². The Hall–Kier alpha value is -2.14. The minimum Gasteiger partial charge on any atom is -0.459 e. The van der Waals surface area contributed by atoms with E-state index in [1.807, 2.05) is 30.3 Å². The summed E-state index contributed by atoms with van der Waals surface area (Å²) >= 11 is 0. The van der Waals surface area contributed by atoms with Crippen molar-refractivity contribution >= 4 is 11.9 Å². The average Bonchev–Trinajstić information content (AvgIpc) is 3.21. The molecule has 1 aromatic carbocycles. The molecule has 118 valence electrons. The van der Waals surface area contributed by atoms with Crippen molar-refractivity contribution in [2.45, 2.75) is 45.2 Å². The van der Waals surface area contributed by atoms with Gasteiger partial charge in [0.25, 0.3) is 0 Å². The Labute approximate surface area is 129 Å². The third kappa shape index (κ3) is 5.33. The summed E-state index contributed by atoms with van der Waals surface area (Å²) in [5.41, 5.74) is 0.372. The van der Waals surface area contributed by atoms with Gasteiger partial charge in [-0.1, -0.05) is 30.3 Å². The normalized spacial score (nSPS) is 20.7. The number of benzene rings is 1. The fourth-order valence-corrected chi connectivity index (χ4v) is 1.78. The molecule has 0 saturated carbocycles. The van der Waals surface area contributed by atoms with E-state index in [0.29, 0.717) is 0 Å². The molecule has 1 heterocycles. The van der Waals surface area contributed by atoms with Crippen LogP contribution in [0.4, 0.5) is 0 Å². The van der Waals surface area contributed by atoms with Crippen LogP contribution in [0.25, 0.3) is 0 Å². The lowest BCUT2D eigenvalue weighted by Gasteiger charge is -2.17. The summed E-state index contributed by atoms with van der Waals surface area (Å²) in [7, 11) is 0. The van der Waals surface area contributed by atoms with Gasteiger partial charge < -0.3 is 14.2 Å². The molecule has 5 nitrogen and oxygen atoms in total. The van der Waals surface area contributed by atoms with Crippen LogP contribution >= 0.6 is 0 Å². The maximum Gasteiger partial charge on any atom is 0.338 e. The summed E-state index contributed by atoms with van der Waals surface area (Å²) in [5, 5.41) is 0. The summed E-state index contributed by atoms with van der Waals surface area (Å²) in [5.74, 6) is -0.887. The maximum atomic E-state index is 11.8. The predicted octanol–water partition coefficient (Wildman–Crippen LogP) is 2.40. The van der Waals surface area contributed by atoms with Gasteiger partial charge in [0.2, 0.25) is 0 Å². The van der Waals surface area contributed by atoms with Crippen molar-refractivity contribution in [3.05, 3.63) is 48.0 Å². The van der Waals surface area contributed by atoms with E-state index < -0.39 is 29.7 Å². The highest BCUT2D eigenvalue weighted by Gasteiger charge is 2.44. The molecule has 2 atom stereocenters. The summed E-state index contributed by atoms with van der Waals surface area (Å²) in [6.45, 7) is 5.57. The van der Waals surface area contributed by atoms with E-state index in [1.165, 1.54) is 12.2 Å². The third-order valence-corrected chi connectivity index (χ3v) is 2.81. The maximum absolute atomic E-state index is 11.8. The minimum absolute atomic E-state index is 0.210. The van der Waals surface area contributed by atoms with Crippen molar-refractivity contribution in [2.75, 3.05) is 0 Å². The zero-order valence-corrected chi connectivity index (χ0v) is 12.9. The molecule has 1 aliphatic rings. The van der Waals surface area contributed by atoms with Crippen LogP contribution < -0.4 is 0 Å². The van der Waals surface area contributed by atoms with E-state index in [2.05, 4.69) is 0 Å². The Balaban J connectivity index is 1.73. The van der Waals surface area contributed by atoms with Gasteiger partial charge in [-0.2, -0.15) is 0 Å². The van der Waals surface area contributed by atoms with E-state index in [1.54, 1.807) is 20.8 Å². The van der Waals surface area contributed by atoms with E-state index in [9.17, 15) is 9.59 Å². The molecule has 0 amide bonds. The van der Waals surface area contributed by atoms with E-state index in [-0.39, 0.29) is 6.61 Å². The molecule has 0 bridgehead atoms. The minimum atomic E-state index is -0.637. The van der Waals surface area contributed by atoms with Gasteiger partial charge in [-0.3, -0.25) is 0 Å². The van der Waals surface area contributed by atoms with Crippen LogP contribution in [0.15, 0.2) is 42.5 Å². The van der Waals surface area contributed by atoms with E-state index in [0.717, 1.165) is 5.56 Å². The lowest BCUT2D eigenvalue weighted by molar-refractivity contribution is -0.148. The van der Waals surface area contributed by atoms with Crippen molar-refractivity contribution in [3.63, 3.8) is 0 Å². The summed E-state index contributed by atoms with van der Waals surface area (Å²) < 4.78 is 15.5. The molecular weight excluding hydrogens is 284 g/mol. The molecule has 0 unspecified atom stereocenters. The fraction of sp³-hybridized carbons (Fsp3) is 0.412. The van der Waals surface area contributed by atoms with Crippen molar-refractivity contribution < 1.29 is 23.8 Å². The molecule has 0 aliphatic carbocycles. The van der Waals surface area contributed by atoms with Crippen LogP contribution in [-0.2, 0) is 30.4 Å². The average molecular weight is 304 g/mol. The lowest BCUT2D eigenvalue weighted by atomic mass is 10.2. The first kappa shape index (κ1) is 16.2. The fourth-order valence-electron chi connectivity index (χ4n) is 1.78. The highest BCUT2D eigenvalue weighted by Crippen LogP contribution is 2.25. The molecule has 0 radical (unpaired) electrons. The zero-order valence-electron chi connectivity index (χ0n) is 12.9. The van der Waals surface area contributed by atoms with Crippen LogP contribution in [0, 0.1) is 0 Å². The molecule has 2 rings (SSSR count). The first-order chi connectivity index (χ1) is 10.3. The van der Waals surface area contributed by atoms with Crippen LogP contribution in [0.2, 0.25) is 0 Å². The number of carbonyl (C=O) groups excluding carboxylic acids is 2. The van der Waals surface area contributed by atoms with Crippen molar-refractivity contribution in [1.82, 2.24) is 0 Å². The van der Waals surface area contributed by atoms with Crippen LogP contribution in [0.3, 0.4) is 0 Å². The Morgan fingerprint density at radius 3 is 2.55 bits per heavy atom. The number of epoxide rings is 1. The first-order valence-corrected chi connectivity index (χ1v) is 7.12. The summed E-state index contributed by atoms with van der Waals surface area (Å²) in [4.78, 5) is 23.3. The third-order valence-electron chi connectivity index (χ3n) is 2.81. The summed E-state index contributed by atoms with van der Waals surface area (Å²) in [6, 6.07) is 9.40. The quantitative estimate of drug-likeness (QED) is 0.475. The van der Waals surface area contributed by atoms with Crippen molar-refractivity contribution in [2.24, 2.45) is 0 Å². The van der Waals surface area contributed by atoms with Gasteiger partial charge in [-0.25, -0.2) is 9.59 Å². The number of rotatable bonds is 5. The number of hydrogen-bond acceptors (Lipinski definition) is 5. The summed E-state index contributed by atoms with van der Waals surface area (Å²) in [6.07, 6.45) is 1.74. The van der Waals surface area contributed by atoms with E-state index >= 15 is 0 Å². The molecule has 0 N–H and O–H groups in total. The van der Waals surface area contributed by atoms with Gasteiger partial charge in [0, 0.05) is 6.08 Å². The Morgan fingerprint density at radius 1 is 1.23 bits per heavy atom. The highest BCUT2D eigenvalue weighted by molar-refractivity contribution is 5.83. The highest BCUT2D eigenvalue weighted by atomic mass is 16.6. The van der Waals surface area contributed by atoms with Gasteiger partial charge in [-0.15, -0.1) is 0 Å². The molecule has 0 aromatic heterocycles. The molecule has 1 fully saturated rings. The molecule has 1 saturated heterocycles. The predicted molar refractivity (Wildman–Crippen MR) is 79.9 cm³/mol. The van der Waals surface area contributed by atoms with Gasteiger partial charge in [0.15, 0.2) is 6.10 Å². The Bertz CT molecular complexity index is 556. The van der Waals surface area contributed by atoms with Gasteiger partial charge in [-0.05, 0) is 32.4 Å².